The molecule has 0 aliphatic heterocycles. The Morgan fingerprint density at radius 2 is 2.43 bits per heavy atom. The number of pyridine rings is 1. The molecule has 0 atom stereocenters. The molecule has 0 radical (unpaired) electrons. The fourth-order valence-corrected chi connectivity index (χ4v) is 1.34. The summed E-state index contributed by atoms with van der Waals surface area (Å²) in [6.45, 7) is 5.84. The number of aldehydes is 1. The summed E-state index contributed by atoms with van der Waals surface area (Å²) in [5.74, 6) is 0. The zero-order valence-corrected chi connectivity index (χ0v) is 8.49. The van der Waals surface area contributed by atoms with E-state index in [-0.39, 0.29) is 0 Å². The number of nitrogens with zero attached hydrogens (tertiary/aromatic N) is 1. The van der Waals surface area contributed by atoms with Gasteiger partial charge in [0, 0.05) is 23.0 Å². The summed E-state index contributed by atoms with van der Waals surface area (Å²) >= 11 is 0. The van der Waals surface area contributed by atoms with E-state index in [0.717, 1.165) is 36.8 Å². The minimum atomic E-state index is 0.518. The molecule has 1 aromatic rings. The van der Waals surface area contributed by atoms with Crippen molar-refractivity contribution >= 4 is 11.9 Å². The summed E-state index contributed by atoms with van der Waals surface area (Å²) in [4.78, 5) is 14.9. The highest BCUT2D eigenvalue weighted by Gasteiger charge is 2.04. The Bertz CT molecular complexity index is 331. The van der Waals surface area contributed by atoms with E-state index in [0.29, 0.717) is 5.57 Å². The van der Waals surface area contributed by atoms with Crippen LogP contribution >= 0.6 is 0 Å². The van der Waals surface area contributed by atoms with Crippen LogP contribution in [0.4, 0.5) is 0 Å². The van der Waals surface area contributed by atoms with Gasteiger partial charge in [0.1, 0.15) is 6.29 Å². The van der Waals surface area contributed by atoms with Crippen molar-refractivity contribution in [3.63, 3.8) is 0 Å². The molecule has 0 N–H and O–H groups in total. The van der Waals surface area contributed by atoms with E-state index in [1.807, 2.05) is 12.1 Å². The molecule has 0 fully saturated rings. The van der Waals surface area contributed by atoms with Gasteiger partial charge in [0.2, 0.25) is 0 Å². The van der Waals surface area contributed by atoms with Crippen LogP contribution in [0, 0.1) is 0 Å². The van der Waals surface area contributed by atoms with Crippen LogP contribution in [-0.4, -0.2) is 11.3 Å². The molecule has 0 aromatic carbocycles. The first kappa shape index (κ1) is 10.6. The topological polar surface area (TPSA) is 30.0 Å². The Morgan fingerprint density at radius 3 is 3.07 bits per heavy atom. The molecule has 0 saturated carbocycles. The van der Waals surface area contributed by atoms with Crippen LogP contribution < -0.4 is 0 Å². The van der Waals surface area contributed by atoms with E-state index in [9.17, 15) is 4.79 Å². The fourth-order valence-electron chi connectivity index (χ4n) is 1.34. The molecule has 0 saturated heterocycles. The number of hydrogen-bond acceptors (Lipinski definition) is 2. The smallest absolute Gasteiger partial charge is 0.150 e. The highest BCUT2D eigenvalue weighted by Crippen LogP contribution is 2.15. The Balaban J connectivity index is 2.90. The second kappa shape index (κ2) is 5.32. The van der Waals surface area contributed by atoms with Gasteiger partial charge in [0.25, 0.3) is 0 Å². The summed E-state index contributed by atoms with van der Waals surface area (Å²) in [5.41, 5.74) is 2.38. The molecule has 14 heavy (non-hydrogen) atoms. The number of allylic oxidation sites excluding steroid dienone is 1. The van der Waals surface area contributed by atoms with E-state index in [4.69, 9.17) is 0 Å². The number of unbranched alkanes of at least 4 members (excludes halogenated alkanes) is 1. The van der Waals surface area contributed by atoms with Gasteiger partial charge in [0.05, 0.1) is 0 Å². The first-order valence-corrected chi connectivity index (χ1v) is 4.88. The van der Waals surface area contributed by atoms with Gasteiger partial charge in [-0.05, 0) is 18.9 Å². The van der Waals surface area contributed by atoms with Crippen molar-refractivity contribution in [2.24, 2.45) is 0 Å². The summed E-state index contributed by atoms with van der Waals surface area (Å²) in [6.07, 6.45) is 5.68. The average Bonchev–Trinajstić information content (AvgIpc) is 2.25. The lowest BCUT2D eigenvalue weighted by atomic mass is 10.0. The molecule has 0 aliphatic carbocycles. The van der Waals surface area contributed by atoms with Gasteiger partial charge in [-0.3, -0.25) is 9.78 Å². The third-order valence-corrected chi connectivity index (χ3v) is 2.15. The molecule has 0 unspecified atom stereocenters. The molecule has 2 nitrogen and oxygen atoms in total. The second-order valence-electron chi connectivity index (χ2n) is 3.24. The van der Waals surface area contributed by atoms with Crippen LogP contribution in [0.25, 0.3) is 5.57 Å². The number of aromatic nitrogens is 1. The quantitative estimate of drug-likeness (QED) is 0.526. The predicted molar refractivity (Wildman–Crippen MR) is 57.9 cm³/mol. The van der Waals surface area contributed by atoms with Crippen molar-refractivity contribution in [1.82, 2.24) is 4.98 Å². The molecule has 1 aromatic heterocycles. The largest absolute Gasteiger partial charge is 0.298 e. The van der Waals surface area contributed by atoms with Crippen molar-refractivity contribution in [3.05, 3.63) is 36.2 Å². The first-order valence-electron chi connectivity index (χ1n) is 4.88. The number of rotatable bonds is 5. The zero-order valence-electron chi connectivity index (χ0n) is 8.49. The minimum absolute atomic E-state index is 0.518. The Kier molecular flexibility index (Phi) is 4.05. The number of aryl methyl sites for hydroxylation is 1. The van der Waals surface area contributed by atoms with Gasteiger partial charge in [-0.2, -0.15) is 0 Å². The average molecular weight is 189 g/mol. The van der Waals surface area contributed by atoms with Crippen LogP contribution in [0.2, 0.25) is 0 Å². The third kappa shape index (κ3) is 2.52. The number of carbonyl (C=O) groups is 1. The molecular weight excluding hydrogens is 174 g/mol. The molecule has 0 spiro atoms. The van der Waals surface area contributed by atoms with E-state index >= 15 is 0 Å². The highest BCUT2D eigenvalue weighted by atomic mass is 16.1. The van der Waals surface area contributed by atoms with Crippen LogP contribution in [0.15, 0.2) is 24.9 Å². The van der Waals surface area contributed by atoms with Crippen LogP contribution in [0.5, 0.6) is 0 Å². The Labute approximate surface area is 84.7 Å². The molecule has 0 amide bonds. The van der Waals surface area contributed by atoms with Crippen molar-refractivity contribution in [2.75, 3.05) is 0 Å². The van der Waals surface area contributed by atoms with E-state index in [2.05, 4.69) is 18.5 Å². The minimum Gasteiger partial charge on any atom is -0.298 e. The van der Waals surface area contributed by atoms with Gasteiger partial charge in [-0.25, -0.2) is 0 Å². The summed E-state index contributed by atoms with van der Waals surface area (Å²) < 4.78 is 0. The molecular formula is C12H15NO. The summed E-state index contributed by atoms with van der Waals surface area (Å²) in [5, 5.41) is 0. The van der Waals surface area contributed by atoms with Gasteiger partial charge in [0.15, 0.2) is 0 Å². The first-order chi connectivity index (χ1) is 6.79. The SMILES string of the molecule is C=C(C=O)c1cccnc1CCCC. The maximum atomic E-state index is 10.6. The van der Waals surface area contributed by atoms with Crippen LogP contribution in [0.1, 0.15) is 31.0 Å². The van der Waals surface area contributed by atoms with Crippen LogP contribution in [-0.2, 0) is 11.2 Å². The van der Waals surface area contributed by atoms with Gasteiger partial charge in [-0.1, -0.05) is 26.0 Å². The highest BCUT2D eigenvalue weighted by molar-refractivity contribution is 6.06. The van der Waals surface area contributed by atoms with Crippen molar-refractivity contribution in [3.8, 4) is 0 Å². The Morgan fingerprint density at radius 1 is 1.64 bits per heavy atom. The molecule has 1 heterocycles. The maximum Gasteiger partial charge on any atom is 0.150 e. The standard InChI is InChI=1S/C12H15NO/c1-3-4-7-12-11(10(2)9-14)6-5-8-13-12/h5-6,8-9H,2-4,7H2,1H3. The lowest BCUT2D eigenvalue weighted by Gasteiger charge is -2.05. The normalized spacial score (nSPS) is 9.79. The second-order valence-corrected chi connectivity index (χ2v) is 3.24. The lowest BCUT2D eigenvalue weighted by Crippen LogP contribution is -1.97. The van der Waals surface area contributed by atoms with Gasteiger partial charge in [-0.15, -0.1) is 0 Å². The summed E-state index contributed by atoms with van der Waals surface area (Å²) in [7, 11) is 0. The van der Waals surface area contributed by atoms with Gasteiger partial charge >= 0.3 is 0 Å². The Hall–Kier alpha value is -1.44. The molecule has 0 bridgehead atoms. The molecule has 1 rings (SSSR count). The fraction of sp³-hybridized carbons (Fsp3) is 0.333. The number of carbonyl (C=O) groups excluding carboxylic acids is 1. The van der Waals surface area contributed by atoms with Crippen molar-refractivity contribution in [1.29, 1.82) is 0 Å². The predicted octanol–water partition coefficient (Wildman–Crippen LogP) is 2.64. The van der Waals surface area contributed by atoms with E-state index in [1.54, 1.807) is 6.20 Å². The monoisotopic (exact) mass is 189 g/mol. The van der Waals surface area contributed by atoms with Crippen molar-refractivity contribution < 1.29 is 4.79 Å². The molecule has 74 valence electrons. The summed E-state index contributed by atoms with van der Waals surface area (Å²) in [6, 6.07) is 3.73. The van der Waals surface area contributed by atoms with Crippen LogP contribution in [0.3, 0.4) is 0 Å². The van der Waals surface area contributed by atoms with E-state index in [1.165, 1.54) is 0 Å². The number of hydrogen-bond donors (Lipinski definition) is 0. The third-order valence-electron chi connectivity index (χ3n) is 2.15. The maximum absolute atomic E-state index is 10.6. The zero-order chi connectivity index (χ0) is 10.4. The van der Waals surface area contributed by atoms with E-state index < -0.39 is 0 Å². The van der Waals surface area contributed by atoms with Crippen molar-refractivity contribution in [2.45, 2.75) is 26.2 Å². The van der Waals surface area contributed by atoms with Gasteiger partial charge < -0.3 is 0 Å². The lowest BCUT2D eigenvalue weighted by molar-refractivity contribution is -0.103. The molecule has 2 heteroatoms. The molecule has 0 aliphatic rings.